The maximum Gasteiger partial charge on any atom is 0.273 e. The molecular formula is C17H18F3N5O2. The highest BCUT2D eigenvalue weighted by atomic mass is 19.3. The standard InChI is InChI=1S/C17H18F3N5O2/c1-21-16(27)14-9-24(23-22-14)8-12-7-17(19,20)10-25(12)15(26)6-11-4-2-3-5-13(11)18/h2-5,9,12H,6-8,10H2,1H3,(H,21,27)/t12-/m0/s1. The van der Waals surface area contributed by atoms with Crippen LogP contribution < -0.4 is 5.32 Å². The average Bonchev–Trinajstić information content (AvgIpc) is 3.20. The smallest absolute Gasteiger partial charge is 0.273 e. The quantitative estimate of drug-likeness (QED) is 0.846. The van der Waals surface area contributed by atoms with Gasteiger partial charge in [-0.2, -0.15) is 0 Å². The number of rotatable bonds is 5. The lowest BCUT2D eigenvalue weighted by Crippen LogP contribution is -2.39. The molecule has 2 amide bonds. The predicted molar refractivity (Wildman–Crippen MR) is 88.6 cm³/mol. The third-order valence-electron chi connectivity index (χ3n) is 4.39. The van der Waals surface area contributed by atoms with Gasteiger partial charge in [0.15, 0.2) is 5.69 Å². The number of alkyl halides is 2. The number of likely N-dealkylation sites (tertiary alicyclic amines) is 1. The normalized spacial score (nSPS) is 18.5. The van der Waals surface area contributed by atoms with E-state index in [1.807, 2.05) is 0 Å². The van der Waals surface area contributed by atoms with Crippen LogP contribution in [0.1, 0.15) is 22.5 Å². The fourth-order valence-corrected chi connectivity index (χ4v) is 3.09. The molecular weight excluding hydrogens is 363 g/mol. The minimum absolute atomic E-state index is 0.0391. The third kappa shape index (κ3) is 4.26. The number of aromatic nitrogens is 3. The summed E-state index contributed by atoms with van der Waals surface area (Å²) in [5.74, 6) is -4.64. The maximum atomic E-state index is 13.9. The van der Waals surface area contributed by atoms with Crippen LogP contribution in [-0.2, 0) is 17.8 Å². The summed E-state index contributed by atoms with van der Waals surface area (Å²) in [5.41, 5.74) is 0.200. The Labute approximate surface area is 153 Å². The lowest BCUT2D eigenvalue weighted by Gasteiger charge is -2.24. The molecule has 2 aromatic rings. The highest BCUT2D eigenvalue weighted by molar-refractivity contribution is 5.91. The molecule has 1 saturated heterocycles. The molecule has 7 nitrogen and oxygen atoms in total. The van der Waals surface area contributed by atoms with Crippen molar-refractivity contribution in [3.05, 3.63) is 47.5 Å². The van der Waals surface area contributed by atoms with Gasteiger partial charge < -0.3 is 10.2 Å². The van der Waals surface area contributed by atoms with E-state index in [4.69, 9.17) is 0 Å². The Morgan fingerprint density at radius 2 is 2.07 bits per heavy atom. The molecule has 1 aliphatic heterocycles. The van der Waals surface area contributed by atoms with Crippen molar-refractivity contribution in [2.75, 3.05) is 13.6 Å². The molecule has 10 heteroatoms. The van der Waals surface area contributed by atoms with Crippen molar-refractivity contribution in [1.82, 2.24) is 25.2 Å². The van der Waals surface area contributed by atoms with Gasteiger partial charge in [-0.25, -0.2) is 17.9 Å². The second-order valence-electron chi connectivity index (χ2n) is 6.41. The third-order valence-corrected chi connectivity index (χ3v) is 4.39. The van der Waals surface area contributed by atoms with Gasteiger partial charge in [0.2, 0.25) is 5.91 Å². The molecule has 144 valence electrons. The number of benzene rings is 1. The Kier molecular flexibility index (Phi) is 5.15. The predicted octanol–water partition coefficient (Wildman–Crippen LogP) is 1.26. The lowest BCUT2D eigenvalue weighted by molar-refractivity contribution is -0.132. The Bertz CT molecular complexity index is 855. The first-order chi connectivity index (χ1) is 12.8. The summed E-state index contributed by atoms with van der Waals surface area (Å²) in [7, 11) is 1.43. The van der Waals surface area contributed by atoms with Crippen molar-refractivity contribution in [2.45, 2.75) is 31.4 Å². The summed E-state index contributed by atoms with van der Waals surface area (Å²) >= 11 is 0. The number of hydrogen-bond acceptors (Lipinski definition) is 4. The lowest BCUT2D eigenvalue weighted by atomic mass is 10.1. The molecule has 1 aromatic carbocycles. The molecule has 3 rings (SSSR count). The zero-order valence-electron chi connectivity index (χ0n) is 14.5. The van der Waals surface area contributed by atoms with Crippen LogP contribution in [0.5, 0.6) is 0 Å². The molecule has 0 unspecified atom stereocenters. The number of halogens is 3. The summed E-state index contributed by atoms with van der Waals surface area (Å²) < 4.78 is 42.9. The number of amides is 2. The molecule has 1 aromatic heterocycles. The van der Waals surface area contributed by atoms with Gasteiger partial charge in [0.25, 0.3) is 11.8 Å². The van der Waals surface area contributed by atoms with Crippen LogP contribution in [0, 0.1) is 5.82 Å². The van der Waals surface area contributed by atoms with Crippen LogP contribution in [0.2, 0.25) is 0 Å². The van der Waals surface area contributed by atoms with Crippen molar-refractivity contribution < 1.29 is 22.8 Å². The second-order valence-corrected chi connectivity index (χ2v) is 6.41. The first-order valence-electron chi connectivity index (χ1n) is 8.32. The monoisotopic (exact) mass is 381 g/mol. The van der Waals surface area contributed by atoms with Crippen LogP contribution in [-0.4, -0.2) is 57.3 Å². The topological polar surface area (TPSA) is 80.1 Å². The van der Waals surface area contributed by atoms with Gasteiger partial charge in [-0.1, -0.05) is 23.4 Å². The number of carbonyl (C=O) groups is 2. The minimum Gasteiger partial charge on any atom is -0.354 e. The zero-order valence-corrected chi connectivity index (χ0v) is 14.5. The zero-order chi connectivity index (χ0) is 19.6. The SMILES string of the molecule is CNC(=O)c1cn(C[C@@H]2CC(F)(F)CN2C(=O)Cc2ccccc2F)nn1. The van der Waals surface area contributed by atoms with Crippen LogP contribution >= 0.6 is 0 Å². The molecule has 2 heterocycles. The highest BCUT2D eigenvalue weighted by Gasteiger charge is 2.47. The summed E-state index contributed by atoms with van der Waals surface area (Å²) in [5, 5.41) is 9.81. The Hall–Kier alpha value is -2.91. The molecule has 1 aliphatic rings. The maximum absolute atomic E-state index is 13.9. The number of carbonyl (C=O) groups excluding carboxylic acids is 2. The highest BCUT2D eigenvalue weighted by Crippen LogP contribution is 2.33. The van der Waals surface area contributed by atoms with E-state index in [2.05, 4.69) is 15.6 Å². The van der Waals surface area contributed by atoms with E-state index in [1.165, 1.54) is 36.1 Å². The van der Waals surface area contributed by atoms with Crippen LogP contribution in [0.15, 0.2) is 30.5 Å². The van der Waals surface area contributed by atoms with E-state index in [9.17, 15) is 22.8 Å². The van der Waals surface area contributed by atoms with Gasteiger partial charge in [-0.15, -0.1) is 5.10 Å². The molecule has 0 aliphatic carbocycles. The minimum atomic E-state index is -3.04. The largest absolute Gasteiger partial charge is 0.354 e. The van der Waals surface area contributed by atoms with Gasteiger partial charge in [-0.05, 0) is 11.6 Å². The summed E-state index contributed by atoms with van der Waals surface area (Å²) in [4.78, 5) is 25.1. The Morgan fingerprint density at radius 1 is 1.33 bits per heavy atom. The number of nitrogens with one attached hydrogen (secondary N) is 1. The summed E-state index contributed by atoms with van der Waals surface area (Å²) in [6, 6.07) is 4.90. The van der Waals surface area contributed by atoms with Crippen molar-refractivity contribution in [2.24, 2.45) is 0 Å². The summed E-state index contributed by atoms with van der Waals surface area (Å²) in [6.07, 6.45) is 0.486. The molecule has 0 radical (unpaired) electrons. The van der Waals surface area contributed by atoms with Crippen molar-refractivity contribution in [3.8, 4) is 0 Å². The van der Waals surface area contributed by atoms with Crippen LogP contribution in [0.3, 0.4) is 0 Å². The first-order valence-corrected chi connectivity index (χ1v) is 8.32. The van der Waals surface area contributed by atoms with Gasteiger partial charge in [-0.3, -0.25) is 9.59 Å². The van der Waals surface area contributed by atoms with Gasteiger partial charge in [0, 0.05) is 13.5 Å². The number of nitrogens with zero attached hydrogens (tertiary/aromatic N) is 4. The van der Waals surface area contributed by atoms with E-state index in [-0.39, 0.29) is 24.2 Å². The van der Waals surface area contributed by atoms with E-state index in [0.717, 1.165) is 4.90 Å². The molecule has 0 bridgehead atoms. The van der Waals surface area contributed by atoms with Crippen molar-refractivity contribution >= 4 is 11.8 Å². The van der Waals surface area contributed by atoms with Gasteiger partial charge in [0.1, 0.15) is 5.82 Å². The van der Waals surface area contributed by atoms with Crippen molar-refractivity contribution in [1.29, 1.82) is 0 Å². The second kappa shape index (κ2) is 7.37. The molecule has 1 fully saturated rings. The first kappa shape index (κ1) is 18.9. The Balaban J connectivity index is 1.74. The van der Waals surface area contributed by atoms with Gasteiger partial charge >= 0.3 is 0 Å². The van der Waals surface area contributed by atoms with E-state index in [1.54, 1.807) is 6.07 Å². The van der Waals surface area contributed by atoms with Crippen LogP contribution in [0.25, 0.3) is 0 Å². The molecule has 1 atom stereocenters. The van der Waals surface area contributed by atoms with Crippen LogP contribution in [0.4, 0.5) is 13.2 Å². The van der Waals surface area contributed by atoms with Gasteiger partial charge in [0.05, 0.1) is 31.7 Å². The molecule has 0 saturated carbocycles. The fraction of sp³-hybridized carbons (Fsp3) is 0.412. The number of hydrogen-bond donors (Lipinski definition) is 1. The Morgan fingerprint density at radius 3 is 2.78 bits per heavy atom. The average molecular weight is 381 g/mol. The molecule has 27 heavy (non-hydrogen) atoms. The summed E-state index contributed by atoms with van der Waals surface area (Å²) in [6.45, 7) is -0.773. The van der Waals surface area contributed by atoms with E-state index in [0.29, 0.717) is 0 Å². The molecule has 0 spiro atoms. The van der Waals surface area contributed by atoms with E-state index >= 15 is 0 Å². The fourth-order valence-electron chi connectivity index (χ4n) is 3.09. The van der Waals surface area contributed by atoms with Crippen molar-refractivity contribution in [3.63, 3.8) is 0 Å². The molecule has 1 N–H and O–H groups in total. The van der Waals surface area contributed by atoms with E-state index < -0.39 is 42.6 Å².